The zero-order chi connectivity index (χ0) is 16.7. The van der Waals surface area contributed by atoms with Crippen molar-refractivity contribution in [2.75, 3.05) is 26.2 Å². The summed E-state index contributed by atoms with van der Waals surface area (Å²) in [5.41, 5.74) is 0. The van der Waals surface area contributed by atoms with Crippen LogP contribution in [0.15, 0.2) is 9.52 Å². The van der Waals surface area contributed by atoms with Crippen LogP contribution in [-0.2, 0) is 6.42 Å². The van der Waals surface area contributed by atoms with Crippen LogP contribution in [0.3, 0.4) is 0 Å². The third kappa shape index (κ3) is 4.94. The Morgan fingerprint density at radius 2 is 2.17 bits per heavy atom. The Labute approximate surface area is 139 Å². The van der Waals surface area contributed by atoms with E-state index in [4.69, 9.17) is 9.52 Å². The Morgan fingerprint density at radius 1 is 1.39 bits per heavy atom. The molecule has 6 nitrogen and oxygen atoms in total. The number of aliphatic imine (C=N–C) groups is 1. The van der Waals surface area contributed by atoms with Gasteiger partial charge in [0.1, 0.15) is 0 Å². The van der Waals surface area contributed by atoms with E-state index in [1.54, 1.807) is 0 Å². The van der Waals surface area contributed by atoms with Crippen molar-refractivity contribution < 1.29 is 4.52 Å². The summed E-state index contributed by atoms with van der Waals surface area (Å²) in [5.74, 6) is 4.01. The maximum atomic E-state index is 5.14. The Kier molecular flexibility index (Phi) is 6.86. The van der Waals surface area contributed by atoms with Gasteiger partial charge >= 0.3 is 0 Å². The summed E-state index contributed by atoms with van der Waals surface area (Å²) >= 11 is 0. The van der Waals surface area contributed by atoms with Crippen molar-refractivity contribution >= 4 is 5.96 Å². The zero-order valence-corrected chi connectivity index (χ0v) is 15.0. The molecule has 1 aliphatic rings. The Morgan fingerprint density at radius 3 is 2.78 bits per heavy atom. The summed E-state index contributed by atoms with van der Waals surface area (Å²) in [7, 11) is 0. The van der Waals surface area contributed by atoms with Gasteiger partial charge < -0.3 is 14.7 Å². The van der Waals surface area contributed by atoms with Crippen LogP contribution in [0.2, 0.25) is 0 Å². The molecule has 2 heterocycles. The molecule has 0 bridgehead atoms. The summed E-state index contributed by atoms with van der Waals surface area (Å²) in [6.45, 7) is 12.4. The number of aryl methyl sites for hydroxylation is 1. The number of rotatable bonds is 7. The van der Waals surface area contributed by atoms with Crippen LogP contribution in [-0.4, -0.2) is 47.2 Å². The highest BCUT2D eigenvalue weighted by Crippen LogP contribution is 2.28. The molecule has 130 valence electrons. The minimum absolute atomic E-state index is 0.665. The summed E-state index contributed by atoms with van der Waals surface area (Å²) in [4.78, 5) is 11.4. The summed E-state index contributed by atoms with van der Waals surface area (Å²) < 4.78 is 5.14. The molecule has 0 saturated carbocycles. The Bertz CT molecular complexity index is 495. The molecule has 0 radical (unpaired) electrons. The molecule has 1 aromatic heterocycles. The molecule has 23 heavy (non-hydrogen) atoms. The van der Waals surface area contributed by atoms with Gasteiger partial charge in [-0.3, -0.25) is 4.99 Å². The van der Waals surface area contributed by atoms with Crippen LogP contribution in [0.5, 0.6) is 0 Å². The molecule has 0 amide bonds. The van der Waals surface area contributed by atoms with E-state index >= 15 is 0 Å². The van der Waals surface area contributed by atoms with Gasteiger partial charge in [-0.2, -0.15) is 4.98 Å². The van der Waals surface area contributed by atoms with Crippen molar-refractivity contribution in [2.24, 2.45) is 16.8 Å². The minimum Gasteiger partial charge on any atom is -0.357 e. The number of hydrogen-bond donors (Lipinski definition) is 1. The maximum Gasteiger partial charge on any atom is 0.228 e. The van der Waals surface area contributed by atoms with Crippen LogP contribution in [0.1, 0.15) is 51.7 Å². The molecule has 1 aromatic rings. The number of guanidine groups is 1. The lowest BCUT2D eigenvalue weighted by atomic mass is 9.87. The lowest BCUT2D eigenvalue weighted by Crippen LogP contribution is -2.40. The lowest BCUT2D eigenvalue weighted by Gasteiger charge is -2.24. The van der Waals surface area contributed by atoms with E-state index in [0.29, 0.717) is 24.7 Å². The Hall–Kier alpha value is -1.59. The third-order valence-electron chi connectivity index (χ3n) is 4.73. The van der Waals surface area contributed by atoms with E-state index in [0.717, 1.165) is 37.4 Å². The van der Waals surface area contributed by atoms with Crippen LogP contribution in [0.4, 0.5) is 0 Å². The first-order valence-corrected chi connectivity index (χ1v) is 9.00. The van der Waals surface area contributed by atoms with Crippen molar-refractivity contribution in [1.82, 2.24) is 20.4 Å². The third-order valence-corrected chi connectivity index (χ3v) is 4.73. The predicted molar refractivity (Wildman–Crippen MR) is 92.5 cm³/mol. The van der Waals surface area contributed by atoms with Gasteiger partial charge in [-0.15, -0.1) is 0 Å². The van der Waals surface area contributed by atoms with E-state index < -0.39 is 0 Å². The fraction of sp³-hybridized carbons (Fsp3) is 0.824. The molecule has 0 spiro atoms. The number of aromatic nitrogens is 2. The summed E-state index contributed by atoms with van der Waals surface area (Å²) in [6.07, 6.45) is 4.53. The van der Waals surface area contributed by atoms with Gasteiger partial charge in [0.25, 0.3) is 0 Å². The fourth-order valence-corrected chi connectivity index (χ4v) is 3.44. The van der Waals surface area contributed by atoms with E-state index in [1.165, 1.54) is 19.3 Å². The standard InChI is InChI=1S/C17H31N5O/c1-5-14(6-2)15-9-11-22(12-15)17(18-7-3)19-10-8-16-20-13(4)21-23-16/h14-15H,5-12H2,1-4H3,(H,18,19). The second-order valence-corrected chi connectivity index (χ2v) is 6.29. The van der Waals surface area contributed by atoms with Crippen molar-refractivity contribution in [3.8, 4) is 0 Å². The van der Waals surface area contributed by atoms with Gasteiger partial charge in [0, 0.05) is 26.1 Å². The van der Waals surface area contributed by atoms with Crippen LogP contribution < -0.4 is 5.32 Å². The smallest absolute Gasteiger partial charge is 0.228 e. The largest absolute Gasteiger partial charge is 0.357 e. The highest BCUT2D eigenvalue weighted by atomic mass is 16.5. The van der Waals surface area contributed by atoms with E-state index in [-0.39, 0.29) is 0 Å². The minimum atomic E-state index is 0.665. The first-order valence-electron chi connectivity index (χ1n) is 9.00. The molecular weight excluding hydrogens is 290 g/mol. The average molecular weight is 321 g/mol. The Balaban J connectivity index is 1.91. The van der Waals surface area contributed by atoms with Crippen molar-refractivity contribution in [1.29, 1.82) is 0 Å². The predicted octanol–water partition coefficient (Wildman–Crippen LogP) is 2.64. The van der Waals surface area contributed by atoms with Gasteiger partial charge in [0.2, 0.25) is 5.89 Å². The quantitative estimate of drug-likeness (QED) is 0.618. The van der Waals surface area contributed by atoms with Gasteiger partial charge in [-0.05, 0) is 32.1 Å². The van der Waals surface area contributed by atoms with Crippen molar-refractivity contribution in [3.63, 3.8) is 0 Å². The second kappa shape index (κ2) is 8.89. The molecule has 1 aliphatic heterocycles. The number of likely N-dealkylation sites (tertiary alicyclic amines) is 1. The highest BCUT2D eigenvalue weighted by molar-refractivity contribution is 5.80. The molecule has 1 fully saturated rings. The highest BCUT2D eigenvalue weighted by Gasteiger charge is 2.29. The summed E-state index contributed by atoms with van der Waals surface area (Å²) in [5, 5.41) is 7.24. The van der Waals surface area contributed by atoms with Crippen molar-refractivity contribution in [2.45, 2.75) is 53.4 Å². The molecule has 1 atom stereocenters. The molecule has 2 rings (SSSR count). The monoisotopic (exact) mass is 321 g/mol. The lowest BCUT2D eigenvalue weighted by molar-refractivity contribution is 0.319. The van der Waals surface area contributed by atoms with Gasteiger partial charge in [-0.1, -0.05) is 31.8 Å². The molecule has 1 saturated heterocycles. The SMILES string of the molecule is CCNC(=NCCc1nc(C)no1)N1CCC(C(CC)CC)C1. The van der Waals surface area contributed by atoms with Crippen LogP contribution in [0.25, 0.3) is 0 Å². The normalized spacial score (nSPS) is 18.9. The number of hydrogen-bond acceptors (Lipinski definition) is 4. The number of nitrogens with zero attached hydrogens (tertiary/aromatic N) is 4. The fourth-order valence-electron chi connectivity index (χ4n) is 3.44. The summed E-state index contributed by atoms with van der Waals surface area (Å²) in [6, 6.07) is 0. The zero-order valence-electron chi connectivity index (χ0n) is 15.0. The molecule has 0 aromatic carbocycles. The van der Waals surface area contributed by atoms with Gasteiger partial charge in [-0.25, -0.2) is 0 Å². The van der Waals surface area contributed by atoms with Gasteiger partial charge in [0.05, 0.1) is 6.54 Å². The van der Waals surface area contributed by atoms with E-state index in [1.807, 2.05) is 6.92 Å². The molecule has 6 heteroatoms. The molecule has 1 unspecified atom stereocenters. The topological polar surface area (TPSA) is 66.5 Å². The second-order valence-electron chi connectivity index (χ2n) is 6.29. The molecular formula is C17H31N5O. The van der Waals surface area contributed by atoms with Gasteiger partial charge in [0.15, 0.2) is 11.8 Å². The first kappa shape index (κ1) is 17.8. The van der Waals surface area contributed by atoms with E-state index in [9.17, 15) is 0 Å². The first-order chi connectivity index (χ1) is 11.2. The average Bonchev–Trinajstić information content (AvgIpc) is 3.17. The maximum absolute atomic E-state index is 5.14. The molecule has 1 N–H and O–H groups in total. The van der Waals surface area contributed by atoms with E-state index in [2.05, 4.69) is 41.1 Å². The molecule has 0 aliphatic carbocycles. The van der Waals surface area contributed by atoms with Crippen LogP contribution in [0, 0.1) is 18.8 Å². The van der Waals surface area contributed by atoms with Crippen molar-refractivity contribution in [3.05, 3.63) is 11.7 Å². The number of nitrogens with one attached hydrogen (secondary N) is 1. The van der Waals surface area contributed by atoms with Crippen LogP contribution >= 0.6 is 0 Å².